The predicted molar refractivity (Wildman–Crippen MR) is 177 cm³/mol. The Kier molecular flexibility index (Phi) is 11.6. The van der Waals surface area contributed by atoms with Crippen molar-refractivity contribution in [2.24, 2.45) is 5.92 Å². The maximum absolute atomic E-state index is 13.4. The van der Waals surface area contributed by atoms with Gasteiger partial charge < -0.3 is 35.2 Å². The standard InChI is InChI=1S/C36H36FNO7.C2H5F/c37-25-13-10-22(11-14-25)29(40)17-16-28-34(38(36(28)44)26-4-2-1-3-5-26)27-15-12-24(18-30(27)41)21-6-8-23(9-7-21)32-19-31(42)35(43)33(20-39)45-32;1-2-3/h1-15,18,28-29,31-35,39-43H,16-17,19-20H2;2H2,1H3/t28?,29?,31?,32?,33?,34-,35-;/m0./s1. The topological polar surface area (TPSA) is 131 Å². The third-order valence-corrected chi connectivity index (χ3v) is 8.97. The summed E-state index contributed by atoms with van der Waals surface area (Å²) >= 11 is 0. The fourth-order valence-corrected chi connectivity index (χ4v) is 6.43. The maximum Gasteiger partial charge on any atom is 0.233 e. The number of rotatable bonds is 9. The number of benzene rings is 4. The average molecular weight is 662 g/mol. The summed E-state index contributed by atoms with van der Waals surface area (Å²) in [4.78, 5) is 15.1. The van der Waals surface area contributed by atoms with Crippen molar-refractivity contribution in [3.05, 3.63) is 120 Å². The van der Waals surface area contributed by atoms with E-state index in [2.05, 4.69) is 0 Å². The van der Waals surface area contributed by atoms with Gasteiger partial charge in [0.05, 0.1) is 43.6 Å². The molecule has 10 heteroatoms. The Labute approximate surface area is 278 Å². The molecule has 4 aromatic carbocycles. The molecule has 2 fully saturated rings. The molecule has 6 rings (SSSR count). The summed E-state index contributed by atoms with van der Waals surface area (Å²) in [6.07, 6.45) is -3.48. The number of β-lactam (4-membered cyclic amide) rings is 1. The fraction of sp³-hybridized carbons (Fsp3) is 0.342. The number of hydrogen-bond donors (Lipinski definition) is 5. The van der Waals surface area contributed by atoms with Crippen molar-refractivity contribution in [1.82, 2.24) is 0 Å². The molecular weight excluding hydrogens is 620 g/mol. The van der Waals surface area contributed by atoms with Gasteiger partial charge in [-0.05, 0) is 72.4 Å². The van der Waals surface area contributed by atoms with Crippen LogP contribution in [0.3, 0.4) is 0 Å². The van der Waals surface area contributed by atoms with Gasteiger partial charge in [-0.15, -0.1) is 0 Å². The number of amides is 1. The fourth-order valence-electron chi connectivity index (χ4n) is 6.43. The van der Waals surface area contributed by atoms with Crippen molar-refractivity contribution in [2.45, 2.75) is 62.7 Å². The summed E-state index contributed by atoms with van der Waals surface area (Å²) in [6, 6.07) is 27.3. The van der Waals surface area contributed by atoms with Gasteiger partial charge in [0, 0.05) is 17.7 Å². The van der Waals surface area contributed by atoms with Crippen LogP contribution in [0.25, 0.3) is 11.1 Å². The molecule has 0 aliphatic carbocycles. The number of aliphatic hydroxyl groups excluding tert-OH is 4. The van der Waals surface area contributed by atoms with Gasteiger partial charge in [-0.2, -0.15) is 0 Å². The SMILES string of the molecule is CCF.O=C1C(CCC(O)c2ccc(F)cc2)[C@H](c2ccc(-c3ccc(C4CC(O)[C@H](O)C(CO)O4)cc3)cc2O)N1c1ccccc1. The quantitative estimate of drug-likeness (QED) is 0.141. The van der Waals surface area contributed by atoms with E-state index in [1.807, 2.05) is 66.7 Å². The third-order valence-electron chi connectivity index (χ3n) is 8.97. The highest BCUT2D eigenvalue weighted by Crippen LogP contribution is 2.49. The van der Waals surface area contributed by atoms with Gasteiger partial charge in [0.15, 0.2) is 0 Å². The minimum Gasteiger partial charge on any atom is -0.508 e. The van der Waals surface area contributed by atoms with E-state index in [9.17, 15) is 39.1 Å². The molecule has 0 saturated carbocycles. The smallest absolute Gasteiger partial charge is 0.233 e. The van der Waals surface area contributed by atoms with Crippen LogP contribution in [0.5, 0.6) is 5.75 Å². The number of nitrogens with zero attached hydrogens (tertiary/aromatic N) is 1. The van der Waals surface area contributed by atoms with Gasteiger partial charge >= 0.3 is 0 Å². The first-order chi connectivity index (χ1) is 23.2. The molecule has 1 amide bonds. The minimum atomic E-state index is -1.14. The molecule has 2 heterocycles. The van der Waals surface area contributed by atoms with Crippen molar-refractivity contribution in [1.29, 1.82) is 0 Å². The third kappa shape index (κ3) is 7.59. The summed E-state index contributed by atoms with van der Waals surface area (Å²) in [5, 5.41) is 51.8. The molecule has 2 aliphatic heterocycles. The van der Waals surface area contributed by atoms with Crippen molar-refractivity contribution < 1.29 is 43.8 Å². The molecule has 254 valence electrons. The second-order valence-electron chi connectivity index (χ2n) is 12.0. The normalized spacial score (nSPS) is 24.3. The van der Waals surface area contributed by atoms with Crippen molar-refractivity contribution in [3.63, 3.8) is 0 Å². The number of ether oxygens (including phenoxy) is 1. The van der Waals surface area contributed by atoms with Crippen LogP contribution in [0.2, 0.25) is 0 Å². The first kappa shape index (κ1) is 35.1. The lowest BCUT2D eigenvalue weighted by atomic mass is 9.77. The number of phenols is 1. The van der Waals surface area contributed by atoms with E-state index < -0.39 is 49.1 Å². The first-order valence-electron chi connectivity index (χ1n) is 16.1. The Morgan fingerprint density at radius 3 is 2.21 bits per heavy atom. The molecule has 0 radical (unpaired) electrons. The van der Waals surface area contributed by atoms with Crippen LogP contribution in [0.15, 0.2) is 97.1 Å². The van der Waals surface area contributed by atoms with Crippen molar-refractivity contribution in [3.8, 4) is 16.9 Å². The van der Waals surface area contributed by atoms with E-state index >= 15 is 0 Å². The summed E-state index contributed by atoms with van der Waals surface area (Å²) in [7, 11) is 0. The van der Waals surface area contributed by atoms with Crippen LogP contribution in [-0.2, 0) is 9.53 Å². The van der Waals surface area contributed by atoms with Crippen LogP contribution in [0.1, 0.15) is 61.1 Å². The van der Waals surface area contributed by atoms with Crippen LogP contribution < -0.4 is 4.90 Å². The second-order valence-corrected chi connectivity index (χ2v) is 12.0. The largest absolute Gasteiger partial charge is 0.508 e. The number of halogens is 2. The van der Waals surface area contributed by atoms with E-state index in [1.165, 1.54) is 31.2 Å². The lowest BCUT2D eigenvalue weighted by Gasteiger charge is -2.48. The lowest BCUT2D eigenvalue weighted by molar-refractivity contribution is -0.181. The number of phenolic OH excluding ortho intramolecular Hbond substituents is 1. The van der Waals surface area contributed by atoms with E-state index in [0.717, 1.165) is 16.7 Å². The van der Waals surface area contributed by atoms with Crippen molar-refractivity contribution in [2.75, 3.05) is 18.2 Å². The molecule has 2 aliphatic rings. The van der Waals surface area contributed by atoms with Gasteiger partial charge in [0.2, 0.25) is 5.91 Å². The molecule has 5 N–H and O–H groups in total. The van der Waals surface area contributed by atoms with Crippen molar-refractivity contribution >= 4 is 11.6 Å². The number of hydrogen-bond acceptors (Lipinski definition) is 7. The molecule has 0 spiro atoms. The molecule has 2 saturated heterocycles. The molecule has 0 bridgehead atoms. The van der Waals surface area contributed by atoms with Crippen LogP contribution in [-0.4, -0.2) is 63.0 Å². The summed E-state index contributed by atoms with van der Waals surface area (Å²) in [5.41, 5.74) is 4.28. The average Bonchev–Trinajstić information content (AvgIpc) is 3.09. The number of carbonyl (C=O) groups is 1. The van der Waals surface area contributed by atoms with Crippen LogP contribution in [0.4, 0.5) is 14.5 Å². The molecule has 4 aromatic rings. The Morgan fingerprint density at radius 2 is 1.58 bits per heavy atom. The molecule has 8 nitrogen and oxygen atoms in total. The molecule has 0 aromatic heterocycles. The lowest BCUT2D eigenvalue weighted by Crippen LogP contribution is -2.55. The van der Waals surface area contributed by atoms with Gasteiger partial charge in [0.1, 0.15) is 23.8 Å². The van der Waals surface area contributed by atoms with Crippen LogP contribution >= 0.6 is 0 Å². The highest BCUT2D eigenvalue weighted by Gasteiger charge is 2.49. The maximum atomic E-state index is 13.4. The molecule has 7 atom stereocenters. The first-order valence-corrected chi connectivity index (χ1v) is 16.1. The summed E-state index contributed by atoms with van der Waals surface area (Å²) in [6.45, 7) is 0.808. The van der Waals surface area contributed by atoms with E-state index in [0.29, 0.717) is 29.7 Å². The zero-order valence-electron chi connectivity index (χ0n) is 26.6. The van der Waals surface area contributed by atoms with Gasteiger partial charge in [-0.25, -0.2) is 4.39 Å². The highest BCUT2D eigenvalue weighted by atomic mass is 19.1. The van der Waals surface area contributed by atoms with E-state index in [-0.39, 0.29) is 30.6 Å². The molecular formula is C38H41F2NO7. The van der Waals surface area contributed by atoms with Gasteiger partial charge in [0.25, 0.3) is 0 Å². The zero-order valence-corrected chi connectivity index (χ0v) is 26.6. The number of anilines is 1. The minimum absolute atomic E-state index is 0.0394. The molecule has 48 heavy (non-hydrogen) atoms. The van der Waals surface area contributed by atoms with E-state index in [1.54, 1.807) is 11.0 Å². The monoisotopic (exact) mass is 661 g/mol. The number of aromatic hydroxyl groups is 1. The Balaban J connectivity index is 0.00000145. The zero-order chi connectivity index (χ0) is 34.4. The summed E-state index contributed by atoms with van der Waals surface area (Å²) < 4.78 is 29.4. The van der Waals surface area contributed by atoms with Gasteiger partial charge in [-0.3, -0.25) is 9.18 Å². The Morgan fingerprint density at radius 1 is 0.938 bits per heavy atom. The number of aliphatic hydroxyl groups is 4. The Hall–Kier alpha value is -4.19. The number of alkyl halides is 1. The summed E-state index contributed by atoms with van der Waals surface area (Å²) in [5.74, 6) is -0.910. The van der Waals surface area contributed by atoms with E-state index in [4.69, 9.17) is 4.74 Å². The predicted octanol–water partition coefficient (Wildman–Crippen LogP) is 5.94. The number of para-hydroxylation sites is 1. The second kappa shape index (κ2) is 15.8. The highest BCUT2D eigenvalue weighted by molar-refractivity contribution is 6.03. The number of carbonyl (C=O) groups excluding carboxylic acids is 1. The van der Waals surface area contributed by atoms with Gasteiger partial charge in [-0.1, -0.05) is 66.7 Å². The molecule has 5 unspecified atom stereocenters. The Bertz CT molecular complexity index is 1640. The van der Waals surface area contributed by atoms with Crippen LogP contribution in [0, 0.1) is 11.7 Å².